The molecule has 1 rings (SSSR count). The first-order valence-corrected chi connectivity index (χ1v) is 4.60. The number of hydrogen-bond donors (Lipinski definition) is 2. The number of rotatable bonds is 3. The highest BCUT2D eigenvalue weighted by Crippen LogP contribution is 2.02. The normalized spacial score (nSPS) is 20.7. The molecule has 6 heteroatoms. The van der Waals surface area contributed by atoms with Crippen molar-refractivity contribution in [2.75, 3.05) is 26.3 Å². The second-order valence-electron chi connectivity index (χ2n) is 3.19. The molecule has 1 heterocycles. The second kappa shape index (κ2) is 5.35. The highest BCUT2D eigenvalue weighted by molar-refractivity contribution is 5.83. The lowest BCUT2D eigenvalue weighted by Gasteiger charge is -2.31. The Labute approximate surface area is 87.5 Å². The maximum Gasteiger partial charge on any atom is 0.410 e. The molecule has 6 nitrogen and oxygen atoms in total. The van der Waals surface area contributed by atoms with Gasteiger partial charge in [0, 0.05) is 6.54 Å². The molecule has 0 aromatic carbocycles. The summed E-state index contributed by atoms with van der Waals surface area (Å²) in [5.74, 6) is -0.296. The molecule has 0 spiro atoms. The summed E-state index contributed by atoms with van der Waals surface area (Å²) in [7, 11) is 0. The topological polar surface area (TPSA) is 78.9 Å². The van der Waals surface area contributed by atoms with E-state index in [-0.39, 0.29) is 32.2 Å². The van der Waals surface area contributed by atoms with Crippen LogP contribution in [-0.2, 0) is 9.53 Å². The van der Waals surface area contributed by atoms with Gasteiger partial charge in [0.15, 0.2) is 0 Å². The fourth-order valence-electron chi connectivity index (χ4n) is 1.29. The number of hydrogen-bond acceptors (Lipinski definition) is 4. The van der Waals surface area contributed by atoms with Gasteiger partial charge in [0.1, 0.15) is 13.2 Å². The number of piperazine rings is 1. The largest absolute Gasteiger partial charge is 0.445 e. The molecule has 2 amide bonds. The molecule has 1 atom stereocenters. The minimum absolute atomic E-state index is 0.0352. The third-order valence-corrected chi connectivity index (χ3v) is 1.94. The van der Waals surface area contributed by atoms with Crippen LogP contribution in [0.25, 0.3) is 0 Å². The zero-order valence-electron chi connectivity index (χ0n) is 8.31. The predicted octanol–water partition coefficient (Wildman–Crippen LogP) is -0.898. The maximum atomic E-state index is 11.4. The number of ether oxygens (including phenoxy) is 1. The average molecular weight is 214 g/mol. The monoisotopic (exact) mass is 214 g/mol. The van der Waals surface area contributed by atoms with Gasteiger partial charge in [-0.3, -0.25) is 9.69 Å². The molecule has 15 heavy (non-hydrogen) atoms. The molecule has 0 unspecified atom stereocenters. The van der Waals surface area contributed by atoms with Gasteiger partial charge < -0.3 is 15.2 Å². The molecule has 1 fully saturated rings. The third-order valence-electron chi connectivity index (χ3n) is 1.94. The Morgan fingerprint density at radius 3 is 3.13 bits per heavy atom. The van der Waals surface area contributed by atoms with Gasteiger partial charge in [0.2, 0.25) is 5.91 Å². The van der Waals surface area contributed by atoms with Crippen molar-refractivity contribution in [2.24, 2.45) is 0 Å². The molecule has 0 radical (unpaired) electrons. The summed E-state index contributed by atoms with van der Waals surface area (Å²) in [6.45, 7) is 3.55. The van der Waals surface area contributed by atoms with E-state index >= 15 is 0 Å². The fourth-order valence-corrected chi connectivity index (χ4v) is 1.29. The van der Waals surface area contributed by atoms with E-state index in [1.54, 1.807) is 0 Å². The van der Waals surface area contributed by atoms with Crippen LogP contribution in [0, 0.1) is 0 Å². The SMILES string of the molecule is C=CCOC(=O)N1CC(=O)N[C@@H](CO)C1. The molecule has 1 saturated heterocycles. The van der Waals surface area contributed by atoms with E-state index in [4.69, 9.17) is 9.84 Å². The van der Waals surface area contributed by atoms with Crippen LogP contribution < -0.4 is 5.32 Å². The van der Waals surface area contributed by atoms with Crippen LogP contribution >= 0.6 is 0 Å². The Balaban J connectivity index is 2.49. The van der Waals surface area contributed by atoms with Crippen LogP contribution in [0.4, 0.5) is 4.79 Å². The standard InChI is InChI=1S/C9H14N2O4/c1-2-3-15-9(14)11-4-7(6-12)10-8(13)5-11/h2,7,12H,1,3-6H2,(H,10,13)/t7-/m1/s1. The van der Waals surface area contributed by atoms with Gasteiger partial charge in [0.25, 0.3) is 0 Å². The molecular weight excluding hydrogens is 200 g/mol. The van der Waals surface area contributed by atoms with Crippen molar-refractivity contribution in [1.82, 2.24) is 10.2 Å². The summed E-state index contributed by atoms with van der Waals surface area (Å²) < 4.78 is 4.78. The Bertz CT molecular complexity index is 267. The lowest BCUT2D eigenvalue weighted by Crippen LogP contribution is -2.57. The highest BCUT2D eigenvalue weighted by Gasteiger charge is 2.28. The Hall–Kier alpha value is -1.56. The van der Waals surface area contributed by atoms with Crippen LogP contribution in [0.1, 0.15) is 0 Å². The van der Waals surface area contributed by atoms with Crippen LogP contribution in [-0.4, -0.2) is 54.4 Å². The summed E-state index contributed by atoms with van der Waals surface area (Å²) in [5, 5.41) is 11.4. The molecular formula is C9H14N2O4. The average Bonchev–Trinajstić information content (AvgIpc) is 2.24. The summed E-state index contributed by atoms with van der Waals surface area (Å²) in [6, 6.07) is -0.414. The molecule has 0 aromatic rings. The van der Waals surface area contributed by atoms with E-state index in [9.17, 15) is 9.59 Å². The first kappa shape index (κ1) is 11.5. The van der Waals surface area contributed by atoms with Crippen LogP contribution in [0.5, 0.6) is 0 Å². The van der Waals surface area contributed by atoms with Crippen LogP contribution in [0.2, 0.25) is 0 Å². The fraction of sp³-hybridized carbons (Fsp3) is 0.556. The van der Waals surface area contributed by atoms with E-state index < -0.39 is 12.1 Å². The number of carbonyl (C=O) groups excluding carboxylic acids is 2. The minimum atomic E-state index is -0.566. The zero-order valence-corrected chi connectivity index (χ0v) is 8.31. The Morgan fingerprint density at radius 2 is 2.53 bits per heavy atom. The number of amides is 2. The molecule has 1 aliphatic heterocycles. The molecule has 0 aliphatic carbocycles. The number of nitrogens with one attached hydrogen (secondary N) is 1. The van der Waals surface area contributed by atoms with Gasteiger partial charge in [0.05, 0.1) is 12.6 Å². The molecule has 1 aliphatic rings. The van der Waals surface area contributed by atoms with E-state index in [0.717, 1.165) is 0 Å². The molecule has 0 saturated carbocycles. The molecule has 84 valence electrons. The molecule has 2 N–H and O–H groups in total. The van der Waals surface area contributed by atoms with Crippen molar-refractivity contribution < 1.29 is 19.4 Å². The van der Waals surface area contributed by atoms with Crippen molar-refractivity contribution in [3.63, 3.8) is 0 Å². The second-order valence-corrected chi connectivity index (χ2v) is 3.19. The summed E-state index contributed by atoms with van der Waals surface area (Å²) in [4.78, 5) is 23.7. The van der Waals surface area contributed by atoms with Crippen molar-refractivity contribution in [1.29, 1.82) is 0 Å². The van der Waals surface area contributed by atoms with Gasteiger partial charge in [-0.1, -0.05) is 12.7 Å². The summed E-state index contributed by atoms with van der Waals surface area (Å²) >= 11 is 0. The third kappa shape index (κ3) is 3.25. The van der Waals surface area contributed by atoms with Crippen molar-refractivity contribution >= 4 is 12.0 Å². The number of nitrogens with zero attached hydrogens (tertiary/aromatic N) is 1. The van der Waals surface area contributed by atoms with Gasteiger partial charge >= 0.3 is 6.09 Å². The lowest BCUT2D eigenvalue weighted by molar-refractivity contribution is -0.125. The van der Waals surface area contributed by atoms with Gasteiger partial charge in [-0.15, -0.1) is 0 Å². The minimum Gasteiger partial charge on any atom is -0.445 e. The first-order chi connectivity index (χ1) is 7.17. The first-order valence-electron chi connectivity index (χ1n) is 4.60. The maximum absolute atomic E-state index is 11.4. The van der Waals surface area contributed by atoms with E-state index in [2.05, 4.69) is 11.9 Å². The van der Waals surface area contributed by atoms with Crippen molar-refractivity contribution in [2.45, 2.75) is 6.04 Å². The highest BCUT2D eigenvalue weighted by atomic mass is 16.6. The van der Waals surface area contributed by atoms with Gasteiger partial charge in [-0.25, -0.2) is 4.79 Å². The van der Waals surface area contributed by atoms with Crippen molar-refractivity contribution in [3.8, 4) is 0 Å². The number of aliphatic hydroxyl groups excluding tert-OH is 1. The van der Waals surface area contributed by atoms with E-state index in [1.165, 1.54) is 11.0 Å². The molecule has 0 aromatic heterocycles. The predicted molar refractivity (Wildman–Crippen MR) is 52.1 cm³/mol. The van der Waals surface area contributed by atoms with Crippen LogP contribution in [0.3, 0.4) is 0 Å². The molecule has 0 bridgehead atoms. The smallest absolute Gasteiger partial charge is 0.410 e. The zero-order chi connectivity index (χ0) is 11.3. The number of carbonyl (C=O) groups is 2. The Kier molecular flexibility index (Phi) is 4.11. The number of aliphatic hydroxyl groups is 1. The lowest BCUT2D eigenvalue weighted by atomic mass is 10.2. The van der Waals surface area contributed by atoms with Gasteiger partial charge in [-0.05, 0) is 0 Å². The Morgan fingerprint density at radius 1 is 1.80 bits per heavy atom. The van der Waals surface area contributed by atoms with Gasteiger partial charge in [-0.2, -0.15) is 0 Å². The van der Waals surface area contributed by atoms with E-state index in [1.807, 2.05) is 0 Å². The van der Waals surface area contributed by atoms with E-state index in [0.29, 0.717) is 0 Å². The quantitative estimate of drug-likeness (QED) is 0.597. The summed E-state index contributed by atoms with van der Waals surface area (Å²) in [5.41, 5.74) is 0. The summed E-state index contributed by atoms with van der Waals surface area (Å²) in [6.07, 6.45) is 0.883. The van der Waals surface area contributed by atoms with Crippen molar-refractivity contribution in [3.05, 3.63) is 12.7 Å². The van der Waals surface area contributed by atoms with Crippen LogP contribution in [0.15, 0.2) is 12.7 Å².